The molecule has 3 N–H and O–H groups in total. The summed E-state index contributed by atoms with van der Waals surface area (Å²) in [5, 5.41) is 18.2. The summed E-state index contributed by atoms with van der Waals surface area (Å²) < 4.78 is 39.6. The summed E-state index contributed by atoms with van der Waals surface area (Å²) in [5.74, 6) is -2.51. The first-order valence-corrected chi connectivity index (χ1v) is 7.38. The topological polar surface area (TPSA) is 104 Å². The molecule has 1 rings (SSSR count). The van der Waals surface area contributed by atoms with Crippen LogP contribution in [0.25, 0.3) is 0 Å². The first-order chi connectivity index (χ1) is 9.19. The van der Waals surface area contributed by atoms with Gasteiger partial charge in [-0.2, -0.15) is 0 Å². The lowest BCUT2D eigenvalue weighted by Crippen LogP contribution is -2.32. The Kier molecular flexibility index (Phi) is 5.21. The van der Waals surface area contributed by atoms with Crippen LogP contribution in [-0.4, -0.2) is 37.2 Å². The molecule has 0 amide bonds. The Morgan fingerprint density at radius 1 is 1.45 bits per heavy atom. The normalized spacial score (nSPS) is 13.2. The van der Waals surface area contributed by atoms with Crippen LogP contribution >= 0.6 is 0 Å². The van der Waals surface area contributed by atoms with Crippen LogP contribution in [0, 0.1) is 12.7 Å². The maximum absolute atomic E-state index is 13.6. The molecule has 1 atom stereocenters. The molecule has 0 aliphatic carbocycles. The molecule has 0 bridgehead atoms. The number of aromatic carboxylic acids is 1. The minimum Gasteiger partial charge on any atom is -0.478 e. The van der Waals surface area contributed by atoms with Gasteiger partial charge in [0.05, 0.1) is 16.6 Å². The number of carbonyl (C=O) groups is 1. The SMILES string of the molecule is CCC(O)CNS(=O)(=O)c1cc(C)c(F)c(C(=O)O)c1. The maximum Gasteiger partial charge on any atom is 0.338 e. The Bertz CT molecular complexity index is 615. The number of sulfonamides is 1. The summed E-state index contributed by atoms with van der Waals surface area (Å²) in [6, 6.07) is 1.80. The molecule has 0 radical (unpaired) electrons. The van der Waals surface area contributed by atoms with E-state index in [1.165, 1.54) is 6.92 Å². The van der Waals surface area contributed by atoms with Crippen LogP contribution in [0.2, 0.25) is 0 Å². The Balaban J connectivity index is 3.16. The van der Waals surface area contributed by atoms with Crippen LogP contribution in [-0.2, 0) is 10.0 Å². The van der Waals surface area contributed by atoms with Crippen LogP contribution in [0.5, 0.6) is 0 Å². The summed E-state index contributed by atoms with van der Waals surface area (Å²) in [7, 11) is -4.00. The van der Waals surface area contributed by atoms with Crippen molar-refractivity contribution in [2.45, 2.75) is 31.3 Å². The van der Waals surface area contributed by atoms with Gasteiger partial charge >= 0.3 is 5.97 Å². The van der Waals surface area contributed by atoms with Crippen molar-refractivity contribution in [2.75, 3.05) is 6.54 Å². The number of carboxylic acids is 1. The first-order valence-electron chi connectivity index (χ1n) is 5.90. The first kappa shape index (κ1) is 16.5. The van der Waals surface area contributed by atoms with Crippen LogP contribution in [0.3, 0.4) is 0 Å². The molecule has 8 heteroatoms. The van der Waals surface area contributed by atoms with Crippen LogP contribution < -0.4 is 4.72 Å². The molecule has 0 aromatic heterocycles. The Labute approximate surface area is 116 Å². The van der Waals surface area contributed by atoms with Gasteiger partial charge in [0.2, 0.25) is 10.0 Å². The number of halogens is 1. The molecule has 112 valence electrons. The molecule has 0 saturated heterocycles. The van der Waals surface area contributed by atoms with Gasteiger partial charge in [0.1, 0.15) is 5.82 Å². The van der Waals surface area contributed by atoms with Crippen molar-refractivity contribution < 1.29 is 27.8 Å². The summed E-state index contributed by atoms with van der Waals surface area (Å²) >= 11 is 0. The number of benzene rings is 1. The van der Waals surface area contributed by atoms with Gasteiger partial charge < -0.3 is 10.2 Å². The predicted molar refractivity (Wildman–Crippen MR) is 69.6 cm³/mol. The fraction of sp³-hybridized carbons (Fsp3) is 0.417. The number of hydrogen-bond donors (Lipinski definition) is 3. The van der Waals surface area contributed by atoms with Crippen molar-refractivity contribution in [1.29, 1.82) is 0 Å². The lowest BCUT2D eigenvalue weighted by atomic mass is 10.1. The van der Waals surface area contributed by atoms with E-state index in [4.69, 9.17) is 5.11 Å². The average molecular weight is 305 g/mol. The van der Waals surface area contributed by atoms with Crippen molar-refractivity contribution in [3.63, 3.8) is 0 Å². The van der Waals surface area contributed by atoms with Crippen LogP contribution in [0.1, 0.15) is 29.3 Å². The van der Waals surface area contributed by atoms with E-state index >= 15 is 0 Å². The molecule has 1 aromatic carbocycles. The zero-order chi connectivity index (χ0) is 15.5. The molecule has 1 unspecified atom stereocenters. The van der Waals surface area contributed by atoms with E-state index in [0.717, 1.165) is 12.1 Å². The van der Waals surface area contributed by atoms with E-state index in [0.29, 0.717) is 6.42 Å². The summed E-state index contributed by atoms with van der Waals surface area (Å²) in [6.45, 7) is 2.77. The van der Waals surface area contributed by atoms with E-state index in [2.05, 4.69) is 4.72 Å². The fourth-order valence-electron chi connectivity index (χ4n) is 1.48. The molecule has 1 aromatic rings. The number of aliphatic hydroxyl groups is 1. The monoisotopic (exact) mass is 305 g/mol. The van der Waals surface area contributed by atoms with Crippen molar-refractivity contribution in [3.8, 4) is 0 Å². The summed E-state index contributed by atoms with van der Waals surface area (Å²) in [4.78, 5) is 10.5. The molecular weight excluding hydrogens is 289 g/mol. The third kappa shape index (κ3) is 3.75. The zero-order valence-corrected chi connectivity index (χ0v) is 11.9. The van der Waals surface area contributed by atoms with Gasteiger partial charge in [-0.3, -0.25) is 0 Å². The van der Waals surface area contributed by atoms with Gasteiger partial charge in [0, 0.05) is 6.54 Å². The lowest BCUT2D eigenvalue weighted by molar-refractivity contribution is 0.0691. The second-order valence-corrected chi connectivity index (χ2v) is 6.09. The second kappa shape index (κ2) is 6.29. The number of aryl methyl sites for hydroxylation is 1. The van der Waals surface area contributed by atoms with Gasteiger partial charge in [-0.05, 0) is 31.0 Å². The quantitative estimate of drug-likeness (QED) is 0.724. The second-order valence-electron chi connectivity index (χ2n) is 4.32. The molecule has 0 aliphatic rings. The summed E-state index contributed by atoms with van der Waals surface area (Å²) in [5.41, 5.74) is -0.789. The molecule has 0 aliphatic heterocycles. The maximum atomic E-state index is 13.6. The zero-order valence-electron chi connectivity index (χ0n) is 11.1. The number of nitrogens with one attached hydrogen (secondary N) is 1. The van der Waals surface area contributed by atoms with Crippen molar-refractivity contribution in [2.24, 2.45) is 0 Å². The molecule has 6 nitrogen and oxygen atoms in total. The van der Waals surface area contributed by atoms with Crippen molar-refractivity contribution in [3.05, 3.63) is 29.1 Å². The number of aliphatic hydroxyl groups excluding tert-OH is 1. The van der Waals surface area contributed by atoms with Gasteiger partial charge in [-0.1, -0.05) is 6.92 Å². The van der Waals surface area contributed by atoms with Gasteiger partial charge in [-0.25, -0.2) is 22.3 Å². The number of rotatable bonds is 6. The lowest BCUT2D eigenvalue weighted by Gasteiger charge is -2.12. The Hall–Kier alpha value is -1.51. The predicted octanol–water partition coefficient (Wildman–Crippen LogP) is 0.882. The Morgan fingerprint density at radius 2 is 2.05 bits per heavy atom. The van der Waals surface area contributed by atoms with Crippen LogP contribution in [0.4, 0.5) is 4.39 Å². The van der Waals surface area contributed by atoms with Gasteiger partial charge in [-0.15, -0.1) is 0 Å². The smallest absolute Gasteiger partial charge is 0.338 e. The van der Waals surface area contributed by atoms with Crippen molar-refractivity contribution in [1.82, 2.24) is 4.72 Å². The molecular formula is C12H16FNO5S. The van der Waals surface area contributed by atoms with Gasteiger partial charge in [0.25, 0.3) is 0 Å². The fourth-order valence-corrected chi connectivity index (χ4v) is 2.66. The van der Waals surface area contributed by atoms with E-state index in [-0.39, 0.29) is 17.0 Å². The van der Waals surface area contributed by atoms with E-state index in [1.807, 2.05) is 0 Å². The highest BCUT2D eigenvalue weighted by atomic mass is 32.2. The molecule has 0 heterocycles. The third-order valence-electron chi connectivity index (χ3n) is 2.75. The standard InChI is InChI=1S/C12H16FNO5S/c1-3-8(15)6-14-20(18,19)9-4-7(2)11(13)10(5-9)12(16)17/h4-5,8,14-15H,3,6H2,1-2H3,(H,16,17). The van der Waals surface area contributed by atoms with Gasteiger partial charge in [0.15, 0.2) is 0 Å². The summed E-state index contributed by atoms with van der Waals surface area (Å²) in [6.07, 6.45) is -0.476. The molecule has 0 fully saturated rings. The molecule has 0 spiro atoms. The number of hydrogen-bond acceptors (Lipinski definition) is 4. The van der Waals surface area contributed by atoms with E-state index in [1.54, 1.807) is 6.92 Å². The minimum absolute atomic E-state index is 0.0821. The van der Waals surface area contributed by atoms with Crippen molar-refractivity contribution >= 4 is 16.0 Å². The average Bonchev–Trinajstić information content (AvgIpc) is 2.38. The highest BCUT2D eigenvalue weighted by Gasteiger charge is 2.21. The minimum atomic E-state index is -4.00. The third-order valence-corrected chi connectivity index (χ3v) is 4.15. The highest BCUT2D eigenvalue weighted by molar-refractivity contribution is 7.89. The largest absolute Gasteiger partial charge is 0.478 e. The molecule has 20 heavy (non-hydrogen) atoms. The van der Waals surface area contributed by atoms with Crippen LogP contribution in [0.15, 0.2) is 17.0 Å². The Morgan fingerprint density at radius 3 is 2.55 bits per heavy atom. The van der Waals surface area contributed by atoms with E-state index < -0.39 is 33.5 Å². The highest BCUT2D eigenvalue weighted by Crippen LogP contribution is 2.19. The van der Waals surface area contributed by atoms with E-state index in [9.17, 15) is 22.7 Å². The molecule has 0 saturated carbocycles. The number of carboxylic acid groups (broad SMARTS) is 1.